The van der Waals surface area contributed by atoms with E-state index >= 15 is 0 Å². The number of amides is 1. The molecule has 0 saturated heterocycles. The van der Waals surface area contributed by atoms with Crippen LogP contribution in [-0.4, -0.2) is 29.4 Å². The number of nitrogens with one attached hydrogen (secondary N) is 1. The van der Waals surface area contributed by atoms with Gasteiger partial charge in [-0.1, -0.05) is 30.3 Å². The maximum Gasteiger partial charge on any atom is 0.328 e. The van der Waals surface area contributed by atoms with Crippen LogP contribution in [0.25, 0.3) is 0 Å². The molecule has 0 fully saturated rings. The van der Waals surface area contributed by atoms with Crippen LogP contribution in [0.1, 0.15) is 22.8 Å². The zero-order chi connectivity index (χ0) is 19.1. The van der Waals surface area contributed by atoms with Gasteiger partial charge in [-0.3, -0.25) is 14.9 Å². The Morgan fingerprint density at radius 3 is 2.50 bits per heavy atom. The number of esters is 1. The second-order valence-corrected chi connectivity index (χ2v) is 5.49. The lowest BCUT2D eigenvalue weighted by atomic mass is 10.0. The molecule has 2 aromatic carbocycles. The van der Waals surface area contributed by atoms with E-state index in [2.05, 4.69) is 5.32 Å². The standard InChI is InChI=1S/C18H19N3O5/c1-2-26-18(23)15(10-12-6-4-3-5-7-12)20-14-9-8-13(17(19)22)11-16(14)21(24)25/h3-9,11,15,20H,2,10H2,1H3,(H2,19,22)/t15-/m0/s1. The van der Waals surface area contributed by atoms with E-state index in [4.69, 9.17) is 10.5 Å². The number of nitrogens with zero attached hydrogens (tertiary/aromatic N) is 1. The molecular formula is C18H19N3O5. The van der Waals surface area contributed by atoms with Crippen molar-refractivity contribution in [3.63, 3.8) is 0 Å². The third kappa shape index (κ3) is 4.79. The minimum absolute atomic E-state index is 0.0120. The highest BCUT2D eigenvalue weighted by Gasteiger charge is 2.24. The zero-order valence-electron chi connectivity index (χ0n) is 14.2. The Morgan fingerprint density at radius 2 is 1.92 bits per heavy atom. The topological polar surface area (TPSA) is 125 Å². The third-order valence-electron chi connectivity index (χ3n) is 3.66. The number of rotatable bonds is 8. The molecule has 8 nitrogen and oxygen atoms in total. The molecule has 0 radical (unpaired) electrons. The van der Waals surface area contributed by atoms with E-state index in [1.54, 1.807) is 6.92 Å². The number of anilines is 1. The Labute approximate surface area is 150 Å². The fraction of sp³-hybridized carbons (Fsp3) is 0.222. The summed E-state index contributed by atoms with van der Waals surface area (Å²) in [7, 11) is 0. The highest BCUT2D eigenvalue weighted by Crippen LogP contribution is 2.27. The summed E-state index contributed by atoms with van der Waals surface area (Å²) in [4.78, 5) is 34.2. The minimum atomic E-state index is -0.824. The number of ether oxygens (including phenoxy) is 1. The molecule has 3 N–H and O–H groups in total. The van der Waals surface area contributed by atoms with Crippen LogP contribution in [0.2, 0.25) is 0 Å². The molecule has 0 aliphatic heterocycles. The minimum Gasteiger partial charge on any atom is -0.464 e. The summed E-state index contributed by atoms with van der Waals surface area (Å²) in [6.45, 7) is 1.87. The maximum absolute atomic E-state index is 12.3. The fourth-order valence-corrected chi connectivity index (χ4v) is 2.43. The molecule has 1 amide bonds. The van der Waals surface area contributed by atoms with Crippen molar-refractivity contribution < 1.29 is 19.2 Å². The molecule has 0 aromatic heterocycles. The fourth-order valence-electron chi connectivity index (χ4n) is 2.43. The molecule has 0 aliphatic carbocycles. The van der Waals surface area contributed by atoms with Gasteiger partial charge >= 0.3 is 5.97 Å². The molecule has 0 saturated carbocycles. The molecule has 8 heteroatoms. The van der Waals surface area contributed by atoms with Crippen molar-refractivity contribution in [2.45, 2.75) is 19.4 Å². The van der Waals surface area contributed by atoms with E-state index in [1.807, 2.05) is 30.3 Å². The number of nitro benzene ring substituents is 1. The molecular weight excluding hydrogens is 338 g/mol. The Morgan fingerprint density at radius 1 is 1.23 bits per heavy atom. The van der Waals surface area contributed by atoms with Gasteiger partial charge in [-0.15, -0.1) is 0 Å². The van der Waals surface area contributed by atoms with E-state index in [0.29, 0.717) is 0 Å². The first-order valence-electron chi connectivity index (χ1n) is 7.97. The molecule has 136 valence electrons. The van der Waals surface area contributed by atoms with Gasteiger partial charge in [0.2, 0.25) is 5.91 Å². The molecule has 26 heavy (non-hydrogen) atoms. The van der Waals surface area contributed by atoms with Crippen LogP contribution in [0.5, 0.6) is 0 Å². The lowest BCUT2D eigenvalue weighted by Gasteiger charge is -2.18. The predicted molar refractivity (Wildman–Crippen MR) is 95.8 cm³/mol. The van der Waals surface area contributed by atoms with Crippen molar-refractivity contribution >= 4 is 23.3 Å². The number of nitro groups is 1. The SMILES string of the molecule is CCOC(=O)[C@H](Cc1ccccc1)Nc1ccc(C(N)=O)cc1[N+](=O)[O-]. The Bertz CT molecular complexity index is 808. The normalized spacial score (nSPS) is 11.4. The van der Waals surface area contributed by atoms with Gasteiger partial charge in [0, 0.05) is 18.1 Å². The van der Waals surface area contributed by atoms with Crippen molar-refractivity contribution in [2.75, 3.05) is 11.9 Å². The molecule has 1 atom stereocenters. The van der Waals surface area contributed by atoms with Crippen LogP contribution < -0.4 is 11.1 Å². The Balaban J connectivity index is 2.33. The van der Waals surface area contributed by atoms with Crippen LogP contribution in [0, 0.1) is 10.1 Å². The average molecular weight is 357 g/mol. The first kappa shape index (κ1) is 18.9. The summed E-state index contributed by atoms with van der Waals surface area (Å²) in [5, 5.41) is 14.2. The number of benzene rings is 2. The second-order valence-electron chi connectivity index (χ2n) is 5.49. The van der Waals surface area contributed by atoms with Crippen molar-refractivity contribution in [1.82, 2.24) is 0 Å². The monoisotopic (exact) mass is 357 g/mol. The Hall–Kier alpha value is -3.42. The van der Waals surface area contributed by atoms with Crippen LogP contribution >= 0.6 is 0 Å². The second kappa shape index (κ2) is 8.61. The maximum atomic E-state index is 12.3. The van der Waals surface area contributed by atoms with Crippen LogP contribution in [0.3, 0.4) is 0 Å². The van der Waals surface area contributed by atoms with Gasteiger partial charge in [-0.25, -0.2) is 4.79 Å². The highest BCUT2D eigenvalue weighted by atomic mass is 16.6. The molecule has 2 aromatic rings. The van der Waals surface area contributed by atoms with Crippen molar-refractivity contribution in [3.05, 3.63) is 69.8 Å². The first-order chi connectivity index (χ1) is 12.4. The van der Waals surface area contributed by atoms with E-state index in [9.17, 15) is 19.7 Å². The average Bonchev–Trinajstić information content (AvgIpc) is 2.62. The van der Waals surface area contributed by atoms with E-state index in [-0.39, 0.29) is 30.0 Å². The summed E-state index contributed by atoms with van der Waals surface area (Å²) in [6.07, 6.45) is 0.286. The van der Waals surface area contributed by atoms with Crippen LogP contribution in [-0.2, 0) is 16.0 Å². The van der Waals surface area contributed by atoms with Gasteiger partial charge in [0.05, 0.1) is 11.5 Å². The molecule has 0 aliphatic rings. The molecule has 0 spiro atoms. The summed E-state index contributed by atoms with van der Waals surface area (Å²) in [5.41, 5.74) is 5.81. The number of carbonyl (C=O) groups excluding carboxylic acids is 2. The van der Waals surface area contributed by atoms with Gasteiger partial charge in [-0.2, -0.15) is 0 Å². The largest absolute Gasteiger partial charge is 0.464 e. The first-order valence-corrected chi connectivity index (χ1v) is 7.97. The molecule has 2 rings (SSSR count). The van der Waals surface area contributed by atoms with Gasteiger partial charge in [-0.05, 0) is 24.6 Å². The molecule has 0 unspecified atom stereocenters. The number of carbonyl (C=O) groups is 2. The van der Waals surface area contributed by atoms with Crippen LogP contribution in [0.4, 0.5) is 11.4 Å². The number of nitrogens with two attached hydrogens (primary N) is 1. The zero-order valence-corrected chi connectivity index (χ0v) is 14.2. The molecule has 0 bridgehead atoms. The number of hydrogen-bond donors (Lipinski definition) is 2. The van der Waals surface area contributed by atoms with Crippen molar-refractivity contribution in [1.29, 1.82) is 0 Å². The van der Waals surface area contributed by atoms with Crippen molar-refractivity contribution in [3.8, 4) is 0 Å². The molecule has 0 heterocycles. The van der Waals surface area contributed by atoms with Gasteiger partial charge in [0.15, 0.2) is 0 Å². The van der Waals surface area contributed by atoms with Gasteiger partial charge in [0.25, 0.3) is 5.69 Å². The summed E-state index contributed by atoms with van der Waals surface area (Å²) in [5.74, 6) is -1.30. The lowest BCUT2D eigenvalue weighted by Crippen LogP contribution is -2.33. The van der Waals surface area contributed by atoms with Crippen LogP contribution in [0.15, 0.2) is 48.5 Å². The summed E-state index contributed by atoms with van der Waals surface area (Å²) in [6, 6.07) is 12.2. The quantitative estimate of drug-likeness (QED) is 0.424. The summed E-state index contributed by atoms with van der Waals surface area (Å²) < 4.78 is 5.07. The van der Waals surface area contributed by atoms with Crippen molar-refractivity contribution in [2.24, 2.45) is 5.73 Å². The van der Waals surface area contributed by atoms with Gasteiger partial charge in [0.1, 0.15) is 11.7 Å². The predicted octanol–water partition coefficient (Wildman–Crippen LogP) is 2.28. The highest BCUT2D eigenvalue weighted by molar-refractivity contribution is 5.94. The van der Waals surface area contributed by atoms with Gasteiger partial charge < -0.3 is 15.8 Å². The smallest absolute Gasteiger partial charge is 0.328 e. The van der Waals surface area contributed by atoms with E-state index in [1.165, 1.54) is 12.1 Å². The summed E-state index contributed by atoms with van der Waals surface area (Å²) >= 11 is 0. The Kier molecular flexibility index (Phi) is 6.26. The number of primary amides is 1. The number of hydrogen-bond acceptors (Lipinski definition) is 6. The van der Waals surface area contributed by atoms with E-state index in [0.717, 1.165) is 11.6 Å². The van der Waals surface area contributed by atoms with E-state index < -0.39 is 22.8 Å². The third-order valence-corrected chi connectivity index (χ3v) is 3.66. The lowest BCUT2D eigenvalue weighted by molar-refractivity contribution is -0.384.